The Balaban J connectivity index is 1.85. The maximum absolute atomic E-state index is 13.0. The Hall–Kier alpha value is -3.68. The second-order valence-corrected chi connectivity index (χ2v) is 8.24. The summed E-state index contributed by atoms with van der Waals surface area (Å²) >= 11 is 0. The number of hydrogen-bond acceptors (Lipinski definition) is 7. The Kier molecular flexibility index (Phi) is 6.10. The predicted molar refractivity (Wildman–Crippen MR) is 118 cm³/mol. The summed E-state index contributed by atoms with van der Waals surface area (Å²) in [6.45, 7) is 5.37. The van der Waals surface area contributed by atoms with Gasteiger partial charge in [-0.05, 0) is 39.0 Å². The SMILES string of the molecule is CN(C(=O)C(=O)c1cccc2c1CN(CC(=O)OC(C)(C)C)C(N)=N2)c1ccccc1. The number of hydrogen-bond donors (Lipinski definition) is 1. The first-order chi connectivity index (χ1) is 14.6. The van der Waals surface area contributed by atoms with Gasteiger partial charge in [0.25, 0.3) is 11.7 Å². The van der Waals surface area contributed by atoms with Gasteiger partial charge in [0.2, 0.25) is 0 Å². The molecule has 0 aromatic heterocycles. The number of ether oxygens (including phenoxy) is 1. The van der Waals surface area contributed by atoms with Crippen LogP contribution in [0.5, 0.6) is 0 Å². The number of fused-ring (bicyclic) bond motifs is 1. The lowest BCUT2D eigenvalue weighted by molar-refractivity contribution is -0.155. The lowest BCUT2D eigenvalue weighted by atomic mass is 9.99. The lowest BCUT2D eigenvalue weighted by Crippen LogP contribution is -2.44. The number of aliphatic imine (C=N–C) groups is 1. The number of guanidine groups is 1. The van der Waals surface area contributed by atoms with Gasteiger partial charge in [-0.2, -0.15) is 0 Å². The summed E-state index contributed by atoms with van der Waals surface area (Å²) in [6, 6.07) is 13.9. The highest BCUT2D eigenvalue weighted by molar-refractivity contribution is 6.47. The first-order valence-electron chi connectivity index (χ1n) is 9.87. The van der Waals surface area contributed by atoms with Crippen LogP contribution in [-0.4, -0.2) is 47.7 Å². The molecule has 0 radical (unpaired) electrons. The zero-order chi connectivity index (χ0) is 22.8. The first-order valence-corrected chi connectivity index (χ1v) is 9.87. The topological polar surface area (TPSA) is 105 Å². The number of Topliss-reactive ketones (excluding diaryl/α,β-unsaturated/α-hetero) is 1. The molecule has 3 rings (SSSR count). The Morgan fingerprint density at radius 3 is 2.42 bits per heavy atom. The van der Waals surface area contributed by atoms with Crippen LogP contribution in [0.4, 0.5) is 11.4 Å². The first kappa shape index (κ1) is 22.0. The van der Waals surface area contributed by atoms with Crippen LogP contribution >= 0.6 is 0 Å². The Morgan fingerprint density at radius 2 is 1.77 bits per heavy atom. The number of carbonyl (C=O) groups excluding carboxylic acids is 3. The Bertz CT molecular complexity index is 1040. The highest BCUT2D eigenvalue weighted by Crippen LogP contribution is 2.29. The van der Waals surface area contributed by atoms with Gasteiger partial charge in [-0.1, -0.05) is 30.3 Å². The fourth-order valence-corrected chi connectivity index (χ4v) is 3.23. The molecule has 0 saturated carbocycles. The second-order valence-electron chi connectivity index (χ2n) is 8.24. The third kappa shape index (κ3) is 5.09. The van der Waals surface area contributed by atoms with Gasteiger partial charge in [0, 0.05) is 30.4 Å². The summed E-state index contributed by atoms with van der Waals surface area (Å²) < 4.78 is 5.35. The molecule has 0 bridgehead atoms. The lowest BCUT2D eigenvalue weighted by Gasteiger charge is -2.30. The van der Waals surface area contributed by atoms with Crippen LogP contribution in [0.3, 0.4) is 0 Å². The van der Waals surface area contributed by atoms with Crippen LogP contribution in [0, 0.1) is 0 Å². The minimum absolute atomic E-state index is 0.119. The zero-order valence-electron chi connectivity index (χ0n) is 18.1. The number of benzene rings is 2. The molecule has 0 unspecified atom stereocenters. The van der Waals surface area contributed by atoms with Crippen molar-refractivity contribution in [3.05, 3.63) is 59.7 Å². The van der Waals surface area contributed by atoms with E-state index in [1.54, 1.807) is 70.3 Å². The minimum atomic E-state index is -0.666. The molecule has 0 fully saturated rings. The van der Waals surface area contributed by atoms with Crippen molar-refractivity contribution in [1.29, 1.82) is 0 Å². The van der Waals surface area contributed by atoms with E-state index in [9.17, 15) is 14.4 Å². The van der Waals surface area contributed by atoms with Crippen molar-refractivity contribution in [3.63, 3.8) is 0 Å². The van der Waals surface area contributed by atoms with Crippen molar-refractivity contribution < 1.29 is 19.1 Å². The van der Waals surface area contributed by atoms with E-state index in [0.29, 0.717) is 16.9 Å². The minimum Gasteiger partial charge on any atom is -0.459 e. The van der Waals surface area contributed by atoms with Gasteiger partial charge in [-0.25, -0.2) is 4.99 Å². The molecule has 1 aliphatic heterocycles. The molecular formula is C23H26N4O4. The molecule has 2 aromatic carbocycles. The van der Waals surface area contributed by atoms with E-state index in [4.69, 9.17) is 10.5 Å². The van der Waals surface area contributed by atoms with Crippen LogP contribution < -0.4 is 10.6 Å². The summed E-state index contributed by atoms with van der Waals surface area (Å²) in [6.07, 6.45) is 0. The van der Waals surface area contributed by atoms with Crippen molar-refractivity contribution in [1.82, 2.24) is 4.90 Å². The van der Waals surface area contributed by atoms with Gasteiger partial charge in [0.1, 0.15) is 12.1 Å². The van der Waals surface area contributed by atoms with Crippen molar-refractivity contribution in [2.24, 2.45) is 10.7 Å². The third-order valence-corrected chi connectivity index (χ3v) is 4.69. The van der Waals surface area contributed by atoms with E-state index in [0.717, 1.165) is 0 Å². The summed E-state index contributed by atoms with van der Waals surface area (Å²) in [4.78, 5) is 45.3. The molecule has 31 heavy (non-hydrogen) atoms. The number of amides is 1. The van der Waals surface area contributed by atoms with Gasteiger partial charge in [-0.3, -0.25) is 14.4 Å². The van der Waals surface area contributed by atoms with Crippen LogP contribution in [0.25, 0.3) is 0 Å². The highest BCUT2D eigenvalue weighted by atomic mass is 16.6. The van der Waals surface area contributed by atoms with Crippen LogP contribution in [-0.2, 0) is 20.9 Å². The monoisotopic (exact) mass is 422 g/mol. The number of para-hydroxylation sites is 1. The maximum Gasteiger partial charge on any atom is 0.326 e. The van der Waals surface area contributed by atoms with Crippen LogP contribution in [0.1, 0.15) is 36.7 Å². The number of esters is 1. The maximum atomic E-state index is 13.0. The molecule has 1 aliphatic rings. The summed E-state index contributed by atoms with van der Waals surface area (Å²) in [7, 11) is 1.55. The van der Waals surface area contributed by atoms with E-state index < -0.39 is 23.3 Å². The quantitative estimate of drug-likeness (QED) is 0.451. The summed E-state index contributed by atoms with van der Waals surface area (Å²) in [5, 5.41) is 0. The van der Waals surface area contributed by atoms with Gasteiger partial charge < -0.3 is 20.3 Å². The van der Waals surface area contributed by atoms with Crippen molar-refractivity contribution in [2.75, 3.05) is 18.5 Å². The second kappa shape index (κ2) is 8.59. The molecule has 8 heteroatoms. The van der Waals surface area contributed by atoms with Gasteiger partial charge >= 0.3 is 5.97 Å². The molecule has 2 N–H and O–H groups in total. The number of carbonyl (C=O) groups is 3. The van der Waals surface area contributed by atoms with E-state index in [1.807, 2.05) is 6.07 Å². The fourth-order valence-electron chi connectivity index (χ4n) is 3.23. The van der Waals surface area contributed by atoms with Crippen LogP contribution in [0.15, 0.2) is 53.5 Å². The molecule has 8 nitrogen and oxygen atoms in total. The average molecular weight is 422 g/mol. The molecule has 0 aliphatic carbocycles. The van der Waals surface area contributed by atoms with E-state index in [-0.39, 0.29) is 24.6 Å². The molecule has 1 amide bonds. The largest absolute Gasteiger partial charge is 0.459 e. The Labute approximate surface area is 181 Å². The number of likely N-dealkylation sites (N-methyl/N-ethyl adjacent to an activating group) is 1. The van der Waals surface area contributed by atoms with Crippen molar-refractivity contribution >= 4 is 35.0 Å². The normalized spacial score (nSPS) is 13.2. The molecule has 0 spiro atoms. The molecule has 162 valence electrons. The number of nitrogens with two attached hydrogens (primary N) is 1. The predicted octanol–water partition coefficient (Wildman–Crippen LogP) is 2.64. The van der Waals surface area contributed by atoms with E-state index in [1.165, 1.54) is 9.80 Å². The summed E-state index contributed by atoms with van der Waals surface area (Å²) in [5.74, 6) is -1.63. The van der Waals surface area contributed by atoms with E-state index in [2.05, 4.69) is 4.99 Å². The molecule has 1 heterocycles. The fraction of sp³-hybridized carbons (Fsp3) is 0.304. The number of ketones is 1. The highest BCUT2D eigenvalue weighted by Gasteiger charge is 2.29. The number of rotatable bonds is 5. The smallest absolute Gasteiger partial charge is 0.326 e. The molecule has 0 saturated heterocycles. The van der Waals surface area contributed by atoms with E-state index >= 15 is 0 Å². The van der Waals surface area contributed by atoms with Gasteiger partial charge in [0.15, 0.2) is 5.96 Å². The zero-order valence-corrected chi connectivity index (χ0v) is 18.1. The molecular weight excluding hydrogens is 396 g/mol. The van der Waals surface area contributed by atoms with Crippen molar-refractivity contribution in [2.45, 2.75) is 32.9 Å². The van der Waals surface area contributed by atoms with Gasteiger partial charge in [0.05, 0.1) is 5.69 Å². The van der Waals surface area contributed by atoms with Crippen molar-refractivity contribution in [3.8, 4) is 0 Å². The molecule has 0 atom stereocenters. The summed E-state index contributed by atoms with van der Waals surface area (Å²) in [5.41, 5.74) is 7.27. The number of nitrogens with zero attached hydrogens (tertiary/aromatic N) is 3. The standard InChI is InChI=1S/C23H26N4O4/c1-23(2,3)31-19(28)14-27-13-17-16(11-8-12-18(17)25-22(27)24)20(29)21(30)26(4)15-9-6-5-7-10-15/h5-12H,13-14H2,1-4H3,(H2,24,25). The third-order valence-electron chi connectivity index (χ3n) is 4.69. The van der Waals surface area contributed by atoms with Gasteiger partial charge in [-0.15, -0.1) is 0 Å². The average Bonchev–Trinajstić information content (AvgIpc) is 2.71. The number of anilines is 1. The Morgan fingerprint density at radius 1 is 1.10 bits per heavy atom. The molecule has 2 aromatic rings. The van der Waals surface area contributed by atoms with Crippen LogP contribution in [0.2, 0.25) is 0 Å².